The van der Waals surface area contributed by atoms with Crippen LogP contribution in [0.4, 0.5) is 5.69 Å². The van der Waals surface area contributed by atoms with Crippen LogP contribution < -0.4 is 11.1 Å². The summed E-state index contributed by atoms with van der Waals surface area (Å²) in [6, 6.07) is 8.18. The summed E-state index contributed by atoms with van der Waals surface area (Å²) in [5.74, 6) is 0.279. The Morgan fingerprint density at radius 2 is 2.33 bits per heavy atom. The number of nitrogens with one attached hydrogen (secondary N) is 1. The van der Waals surface area contributed by atoms with Gasteiger partial charge in [0.05, 0.1) is 0 Å². The smallest absolute Gasteiger partial charge is 0.139 e. The Labute approximate surface area is 89.8 Å². The third-order valence-corrected chi connectivity index (χ3v) is 2.09. The summed E-state index contributed by atoms with van der Waals surface area (Å²) in [5, 5.41) is 14.5. The summed E-state index contributed by atoms with van der Waals surface area (Å²) >= 11 is 0. The number of aryl methyl sites for hydroxylation is 1. The van der Waals surface area contributed by atoms with Gasteiger partial charge in [-0.3, -0.25) is 0 Å². The van der Waals surface area contributed by atoms with Crippen LogP contribution in [0.3, 0.4) is 0 Å². The molecule has 0 radical (unpaired) electrons. The first-order valence-electron chi connectivity index (χ1n) is 4.99. The van der Waals surface area contributed by atoms with Gasteiger partial charge in [-0.15, -0.1) is 0 Å². The van der Waals surface area contributed by atoms with Gasteiger partial charge in [0.15, 0.2) is 0 Å². The second kappa shape index (κ2) is 5.90. The zero-order chi connectivity index (χ0) is 11.1. The van der Waals surface area contributed by atoms with Gasteiger partial charge in [-0.05, 0) is 31.0 Å². The number of anilines is 1. The number of amidine groups is 1. The second-order valence-corrected chi connectivity index (χ2v) is 3.49. The van der Waals surface area contributed by atoms with E-state index in [0.29, 0.717) is 6.42 Å². The molecule has 0 amide bonds. The van der Waals surface area contributed by atoms with Crippen molar-refractivity contribution in [1.29, 1.82) is 0 Å². The third-order valence-electron chi connectivity index (χ3n) is 2.09. The highest BCUT2D eigenvalue weighted by atomic mass is 16.4. The van der Waals surface area contributed by atoms with E-state index in [1.807, 2.05) is 12.1 Å². The third kappa shape index (κ3) is 4.35. The molecule has 1 aromatic carbocycles. The molecule has 1 aromatic rings. The predicted octanol–water partition coefficient (Wildman–Crippen LogP) is 1.93. The number of oxime groups is 1. The topological polar surface area (TPSA) is 70.6 Å². The molecule has 0 aliphatic rings. The van der Waals surface area contributed by atoms with Crippen LogP contribution in [-0.2, 0) is 0 Å². The second-order valence-electron chi connectivity index (χ2n) is 3.49. The minimum absolute atomic E-state index is 0.279. The van der Waals surface area contributed by atoms with E-state index in [9.17, 15) is 0 Å². The van der Waals surface area contributed by atoms with Gasteiger partial charge < -0.3 is 16.3 Å². The van der Waals surface area contributed by atoms with Crippen LogP contribution in [0.2, 0.25) is 0 Å². The molecular weight excluding hydrogens is 190 g/mol. The first-order chi connectivity index (χ1) is 7.22. The maximum Gasteiger partial charge on any atom is 0.139 e. The van der Waals surface area contributed by atoms with Gasteiger partial charge in [-0.1, -0.05) is 17.3 Å². The van der Waals surface area contributed by atoms with Gasteiger partial charge in [0.2, 0.25) is 0 Å². The summed E-state index contributed by atoms with van der Waals surface area (Å²) in [6.45, 7) is 2.88. The summed E-state index contributed by atoms with van der Waals surface area (Å²) in [6.07, 6.45) is 1.46. The first kappa shape index (κ1) is 11.4. The fourth-order valence-corrected chi connectivity index (χ4v) is 1.31. The largest absolute Gasteiger partial charge is 0.409 e. The molecular formula is C11H17N3O. The zero-order valence-corrected chi connectivity index (χ0v) is 8.90. The molecule has 0 aromatic heterocycles. The van der Waals surface area contributed by atoms with Gasteiger partial charge in [0.25, 0.3) is 0 Å². The lowest BCUT2D eigenvalue weighted by Gasteiger charge is -2.06. The van der Waals surface area contributed by atoms with Gasteiger partial charge in [-0.2, -0.15) is 0 Å². The highest BCUT2D eigenvalue weighted by Gasteiger charge is 1.94. The van der Waals surface area contributed by atoms with Crippen LogP contribution in [-0.4, -0.2) is 17.6 Å². The molecule has 4 heteroatoms. The number of benzene rings is 1. The van der Waals surface area contributed by atoms with Crippen LogP contribution >= 0.6 is 0 Å². The Morgan fingerprint density at radius 1 is 1.53 bits per heavy atom. The van der Waals surface area contributed by atoms with Crippen molar-refractivity contribution in [3.05, 3.63) is 29.8 Å². The van der Waals surface area contributed by atoms with Crippen molar-refractivity contribution in [2.75, 3.05) is 11.9 Å². The molecule has 0 heterocycles. The predicted molar refractivity (Wildman–Crippen MR) is 62.3 cm³/mol. The van der Waals surface area contributed by atoms with Crippen LogP contribution in [0, 0.1) is 6.92 Å². The van der Waals surface area contributed by atoms with E-state index >= 15 is 0 Å². The van der Waals surface area contributed by atoms with Gasteiger partial charge >= 0.3 is 0 Å². The van der Waals surface area contributed by atoms with Crippen molar-refractivity contribution in [1.82, 2.24) is 0 Å². The van der Waals surface area contributed by atoms with E-state index in [2.05, 4.69) is 29.5 Å². The Kier molecular flexibility index (Phi) is 4.47. The molecule has 0 spiro atoms. The Balaban J connectivity index is 2.26. The molecule has 1 rings (SSSR count). The minimum atomic E-state index is 0.279. The minimum Gasteiger partial charge on any atom is -0.409 e. The van der Waals surface area contributed by atoms with Crippen molar-refractivity contribution in [2.24, 2.45) is 10.9 Å². The van der Waals surface area contributed by atoms with Gasteiger partial charge in [-0.25, -0.2) is 0 Å². The number of hydrogen-bond acceptors (Lipinski definition) is 3. The molecule has 0 saturated heterocycles. The first-order valence-corrected chi connectivity index (χ1v) is 4.99. The fraction of sp³-hybridized carbons (Fsp3) is 0.364. The number of nitrogens with zero attached hydrogens (tertiary/aromatic N) is 1. The Bertz CT molecular complexity index is 336. The lowest BCUT2D eigenvalue weighted by atomic mass is 10.2. The van der Waals surface area contributed by atoms with Crippen LogP contribution in [0.1, 0.15) is 18.4 Å². The molecule has 0 unspecified atom stereocenters. The molecule has 82 valence electrons. The molecule has 0 aliphatic heterocycles. The molecule has 0 fully saturated rings. The van der Waals surface area contributed by atoms with Crippen LogP contribution in [0.25, 0.3) is 0 Å². The number of hydrogen-bond donors (Lipinski definition) is 3. The van der Waals surface area contributed by atoms with Crippen molar-refractivity contribution in [2.45, 2.75) is 19.8 Å². The monoisotopic (exact) mass is 207 g/mol. The highest BCUT2D eigenvalue weighted by Crippen LogP contribution is 2.09. The van der Waals surface area contributed by atoms with E-state index < -0.39 is 0 Å². The Hall–Kier alpha value is -1.71. The lowest BCUT2D eigenvalue weighted by molar-refractivity contribution is 0.316. The van der Waals surface area contributed by atoms with E-state index in [1.54, 1.807) is 0 Å². The maximum atomic E-state index is 8.33. The van der Waals surface area contributed by atoms with E-state index in [-0.39, 0.29) is 5.84 Å². The molecule has 4 nitrogen and oxygen atoms in total. The molecule has 4 N–H and O–H groups in total. The molecule has 0 bridgehead atoms. The Morgan fingerprint density at radius 3 is 3.00 bits per heavy atom. The van der Waals surface area contributed by atoms with Crippen molar-refractivity contribution >= 4 is 11.5 Å². The fourth-order valence-electron chi connectivity index (χ4n) is 1.31. The lowest BCUT2D eigenvalue weighted by Crippen LogP contribution is -2.13. The average Bonchev–Trinajstić information content (AvgIpc) is 2.24. The van der Waals surface area contributed by atoms with E-state index in [1.165, 1.54) is 5.56 Å². The summed E-state index contributed by atoms with van der Waals surface area (Å²) in [5.41, 5.74) is 7.69. The highest BCUT2D eigenvalue weighted by molar-refractivity contribution is 5.79. The quantitative estimate of drug-likeness (QED) is 0.227. The standard InChI is InChI=1S/C11H17N3O/c1-9-4-2-5-10(8-9)13-7-3-6-11(12)14-15/h2,4-5,8,13,15H,3,6-7H2,1H3,(H2,12,14). The van der Waals surface area contributed by atoms with Crippen molar-refractivity contribution < 1.29 is 5.21 Å². The molecule has 0 aliphatic carbocycles. The average molecular weight is 207 g/mol. The molecule has 0 atom stereocenters. The van der Waals surface area contributed by atoms with E-state index in [0.717, 1.165) is 18.7 Å². The molecule has 0 saturated carbocycles. The summed E-state index contributed by atoms with van der Waals surface area (Å²) in [4.78, 5) is 0. The van der Waals surface area contributed by atoms with Crippen molar-refractivity contribution in [3.63, 3.8) is 0 Å². The SMILES string of the molecule is Cc1cccc(NCCCC(N)=NO)c1. The maximum absolute atomic E-state index is 8.33. The van der Waals surface area contributed by atoms with E-state index in [4.69, 9.17) is 10.9 Å². The van der Waals surface area contributed by atoms with Gasteiger partial charge in [0.1, 0.15) is 5.84 Å². The normalized spacial score (nSPS) is 11.4. The van der Waals surface area contributed by atoms with Crippen LogP contribution in [0.15, 0.2) is 29.4 Å². The number of rotatable bonds is 5. The zero-order valence-electron chi connectivity index (χ0n) is 8.90. The van der Waals surface area contributed by atoms with Gasteiger partial charge in [0, 0.05) is 18.7 Å². The van der Waals surface area contributed by atoms with Crippen molar-refractivity contribution in [3.8, 4) is 0 Å². The molecule has 15 heavy (non-hydrogen) atoms. The summed E-state index contributed by atoms with van der Waals surface area (Å²) in [7, 11) is 0. The van der Waals surface area contributed by atoms with Crippen LogP contribution in [0.5, 0.6) is 0 Å². The summed E-state index contributed by atoms with van der Waals surface area (Å²) < 4.78 is 0. The number of nitrogens with two attached hydrogens (primary N) is 1.